The molecule has 0 radical (unpaired) electrons. The van der Waals surface area contributed by atoms with Crippen molar-refractivity contribution >= 4 is 57.4 Å². The Kier molecular flexibility index (Phi) is 11.6. The highest BCUT2D eigenvalue weighted by molar-refractivity contribution is 5.94. The highest BCUT2D eigenvalue weighted by Gasteiger charge is 2.06. The summed E-state index contributed by atoms with van der Waals surface area (Å²) in [6.07, 6.45) is 0. The number of benzene rings is 4. The number of hydrogen-bond acceptors (Lipinski definition) is 13. The first-order valence-electron chi connectivity index (χ1n) is 11.2. The second-order valence-corrected chi connectivity index (χ2v) is 8.13. The fourth-order valence-electron chi connectivity index (χ4n) is 2.73. The Hall–Kier alpha value is -6.38. The molecular formula is C26H32N8O7. The van der Waals surface area contributed by atoms with E-state index in [9.17, 15) is 9.59 Å². The maximum atomic E-state index is 10.4. The Balaban J connectivity index is 0.000000274. The van der Waals surface area contributed by atoms with Gasteiger partial charge in [0.25, 0.3) is 0 Å². The molecule has 21 N–H and O–H groups in total. The Morgan fingerprint density at radius 3 is 1.24 bits per heavy atom. The van der Waals surface area contributed by atoms with Crippen molar-refractivity contribution in [3.05, 3.63) is 77.9 Å². The van der Waals surface area contributed by atoms with Gasteiger partial charge in [-0.25, -0.2) is 9.59 Å². The van der Waals surface area contributed by atoms with Crippen LogP contribution in [0.25, 0.3) is 0 Å². The topological polar surface area (TPSA) is 343 Å². The van der Waals surface area contributed by atoms with Gasteiger partial charge in [0.2, 0.25) is 0 Å². The molecule has 0 unspecified atom stereocenters. The highest BCUT2D eigenvalue weighted by atomic mass is 16.4. The quantitative estimate of drug-likeness (QED) is 0.0932. The molecule has 41 heavy (non-hydrogen) atoms. The van der Waals surface area contributed by atoms with Crippen LogP contribution in [0.5, 0.6) is 17.2 Å². The van der Waals surface area contributed by atoms with Gasteiger partial charge >= 0.3 is 11.9 Å². The Morgan fingerprint density at radius 1 is 0.439 bits per heavy atom. The van der Waals surface area contributed by atoms with Crippen LogP contribution in [0.2, 0.25) is 0 Å². The second-order valence-electron chi connectivity index (χ2n) is 8.13. The average molecular weight is 569 g/mol. The number of rotatable bonds is 2. The van der Waals surface area contributed by atoms with Gasteiger partial charge in [-0.15, -0.1) is 0 Å². The van der Waals surface area contributed by atoms with E-state index in [0.717, 1.165) is 6.07 Å². The summed E-state index contributed by atoms with van der Waals surface area (Å²) in [5, 5.41) is 43.7. The van der Waals surface area contributed by atoms with Gasteiger partial charge in [-0.1, -0.05) is 0 Å². The van der Waals surface area contributed by atoms with Gasteiger partial charge in [0.05, 0.1) is 28.2 Å². The summed E-state index contributed by atoms with van der Waals surface area (Å²) in [6, 6.07) is 15.6. The SMILES string of the molecule is Nc1cc(N)c(O)cc1O.Nc1cc(N)cc(C(=O)O)c1.Nc1ccc(N)c(C(=O)O)c1.Nc1ccc(N)c(O)c1. The molecule has 15 nitrogen and oxygen atoms in total. The summed E-state index contributed by atoms with van der Waals surface area (Å²) < 4.78 is 0. The van der Waals surface area contributed by atoms with E-state index in [0.29, 0.717) is 28.4 Å². The van der Waals surface area contributed by atoms with Crippen LogP contribution in [-0.4, -0.2) is 37.5 Å². The molecule has 0 saturated carbocycles. The number of phenolic OH excluding ortho intramolecular Hbond substituents is 3. The van der Waals surface area contributed by atoms with Crippen molar-refractivity contribution in [2.24, 2.45) is 0 Å². The number of carboxylic acid groups (broad SMARTS) is 2. The fraction of sp³-hybridized carbons (Fsp3) is 0. The number of carboxylic acids is 2. The van der Waals surface area contributed by atoms with Crippen molar-refractivity contribution in [3.63, 3.8) is 0 Å². The largest absolute Gasteiger partial charge is 0.506 e. The minimum atomic E-state index is -1.06. The number of hydrogen-bond donors (Lipinski definition) is 13. The zero-order valence-electron chi connectivity index (χ0n) is 21.5. The molecule has 218 valence electrons. The number of carbonyl (C=O) groups is 2. The standard InChI is InChI=1S/2C7H8N2O2.C6H8N2O2.C6H8N2O/c8-5-1-4(7(10)11)2-6(9)3-5;8-4-1-2-6(9)5(3-4)7(10)11;7-3-1-4(8)6(10)2-5(3)9;7-4-1-2-5(8)6(9)3-4/h2*1-3H,8-9H2,(H,10,11);1-2,9-10H,7-8H2;1-3,9H,7-8H2. The third-order valence-corrected chi connectivity index (χ3v) is 4.76. The molecule has 0 aliphatic rings. The van der Waals surface area contributed by atoms with Crippen LogP contribution in [0, 0.1) is 0 Å². The van der Waals surface area contributed by atoms with E-state index in [1.807, 2.05) is 0 Å². The average Bonchev–Trinajstić information content (AvgIpc) is 2.87. The van der Waals surface area contributed by atoms with Crippen LogP contribution in [0.15, 0.2) is 66.7 Å². The van der Waals surface area contributed by atoms with Crippen LogP contribution in [0.4, 0.5) is 45.5 Å². The highest BCUT2D eigenvalue weighted by Crippen LogP contribution is 2.30. The molecule has 0 saturated heterocycles. The molecule has 0 amide bonds. The Morgan fingerprint density at radius 2 is 0.878 bits per heavy atom. The normalized spacial score (nSPS) is 9.46. The molecular weight excluding hydrogens is 536 g/mol. The number of aromatic carboxylic acids is 2. The van der Waals surface area contributed by atoms with Gasteiger partial charge in [-0.3, -0.25) is 0 Å². The first-order chi connectivity index (χ1) is 19.0. The van der Waals surface area contributed by atoms with Crippen LogP contribution in [0.1, 0.15) is 20.7 Å². The molecule has 4 rings (SSSR count). The molecule has 0 heterocycles. The van der Waals surface area contributed by atoms with E-state index in [1.165, 1.54) is 42.5 Å². The van der Waals surface area contributed by atoms with E-state index in [1.54, 1.807) is 18.2 Å². The third kappa shape index (κ3) is 10.9. The number of aromatic hydroxyl groups is 3. The van der Waals surface area contributed by atoms with Gasteiger partial charge in [0.15, 0.2) is 0 Å². The minimum absolute atomic E-state index is 0.0370. The summed E-state index contributed by atoms with van der Waals surface area (Å²) in [5.41, 5.74) is 45.2. The van der Waals surface area contributed by atoms with Crippen LogP contribution in [0.3, 0.4) is 0 Å². The van der Waals surface area contributed by atoms with E-state index < -0.39 is 11.9 Å². The lowest BCUT2D eigenvalue weighted by atomic mass is 10.1. The predicted octanol–water partition coefficient (Wildman–Crippen LogP) is 1.92. The van der Waals surface area contributed by atoms with Crippen molar-refractivity contribution in [1.29, 1.82) is 0 Å². The maximum Gasteiger partial charge on any atom is 0.337 e. The molecule has 4 aromatic carbocycles. The smallest absolute Gasteiger partial charge is 0.337 e. The summed E-state index contributed by atoms with van der Waals surface area (Å²) in [4.78, 5) is 20.8. The fourth-order valence-corrected chi connectivity index (χ4v) is 2.73. The number of nitrogens with two attached hydrogens (primary N) is 8. The van der Waals surface area contributed by atoms with Gasteiger partial charge in [0, 0.05) is 40.6 Å². The third-order valence-electron chi connectivity index (χ3n) is 4.76. The van der Waals surface area contributed by atoms with Crippen molar-refractivity contribution in [1.82, 2.24) is 0 Å². The van der Waals surface area contributed by atoms with E-state index >= 15 is 0 Å². The Labute approximate surface area is 233 Å². The van der Waals surface area contributed by atoms with Crippen molar-refractivity contribution in [2.45, 2.75) is 0 Å². The summed E-state index contributed by atoms with van der Waals surface area (Å²) in [6.45, 7) is 0. The summed E-state index contributed by atoms with van der Waals surface area (Å²) >= 11 is 0. The van der Waals surface area contributed by atoms with Crippen molar-refractivity contribution < 1.29 is 35.1 Å². The van der Waals surface area contributed by atoms with Gasteiger partial charge in [-0.05, 0) is 54.6 Å². The molecule has 0 bridgehead atoms. The van der Waals surface area contributed by atoms with Crippen LogP contribution in [-0.2, 0) is 0 Å². The van der Waals surface area contributed by atoms with Crippen LogP contribution >= 0.6 is 0 Å². The van der Waals surface area contributed by atoms with Crippen molar-refractivity contribution in [2.75, 3.05) is 45.9 Å². The molecule has 0 aliphatic carbocycles. The van der Waals surface area contributed by atoms with E-state index in [4.69, 9.17) is 71.4 Å². The molecule has 15 heteroatoms. The lowest BCUT2D eigenvalue weighted by Gasteiger charge is -2.01. The lowest BCUT2D eigenvalue weighted by molar-refractivity contribution is 0.0686. The summed E-state index contributed by atoms with van der Waals surface area (Å²) in [7, 11) is 0. The van der Waals surface area contributed by atoms with Crippen molar-refractivity contribution in [3.8, 4) is 17.2 Å². The molecule has 0 atom stereocenters. The number of anilines is 8. The van der Waals surface area contributed by atoms with Gasteiger partial charge in [0.1, 0.15) is 17.2 Å². The monoisotopic (exact) mass is 568 g/mol. The zero-order chi connectivity index (χ0) is 31.4. The first-order valence-corrected chi connectivity index (χ1v) is 11.2. The predicted molar refractivity (Wildman–Crippen MR) is 160 cm³/mol. The van der Waals surface area contributed by atoms with E-state index in [-0.39, 0.29) is 45.4 Å². The molecule has 4 aromatic rings. The van der Waals surface area contributed by atoms with Gasteiger partial charge in [-0.2, -0.15) is 0 Å². The molecule has 0 aliphatic heterocycles. The first kappa shape index (κ1) is 32.6. The molecule has 0 fully saturated rings. The van der Waals surface area contributed by atoms with E-state index in [2.05, 4.69) is 0 Å². The van der Waals surface area contributed by atoms with Gasteiger partial charge < -0.3 is 71.4 Å². The zero-order valence-corrected chi connectivity index (χ0v) is 21.5. The Bertz CT molecular complexity index is 1460. The lowest BCUT2D eigenvalue weighted by Crippen LogP contribution is -2.02. The number of nitrogen functional groups attached to an aromatic ring is 8. The minimum Gasteiger partial charge on any atom is -0.506 e. The maximum absolute atomic E-state index is 10.4. The molecule has 0 aromatic heterocycles. The van der Waals surface area contributed by atoms with Crippen LogP contribution < -0.4 is 45.9 Å². The molecule has 0 spiro atoms. The second kappa shape index (κ2) is 14.5. The number of phenols is 3. The summed E-state index contributed by atoms with van der Waals surface area (Å²) in [5.74, 6) is -2.37.